The van der Waals surface area contributed by atoms with Gasteiger partial charge in [0.1, 0.15) is 18.4 Å². The lowest BCUT2D eigenvalue weighted by Gasteiger charge is -2.13. The molecule has 1 atom stereocenters. The minimum Gasteiger partial charge on any atom is -0.496 e. The van der Waals surface area contributed by atoms with Gasteiger partial charge in [-0.3, -0.25) is 4.79 Å². The highest BCUT2D eigenvalue weighted by atomic mass is 79.9. The summed E-state index contributed by atoms with van der Waals surface area (Å²) in [7, 11) is 1.60. The first-order valence-corrected chi connectivity index (χ1v) is 9.13. The van der Waals surface area contributed by atoms with Gasteiger partial charge in [0.25, 0.3) is 0 Å². The molecule has 0 aliphatic carbocycles. The lowest BCUT2D eigenvalue weighted by Crippen LogP contribution is -2.24. The number of carbonyl (C=O) groups excluding carboxylic acids is 1. The lowest BCUT2D eigenvalue weighted by atomic mass is 10.1. The Morgan fingerprint density at radius 3 is 2.70 bits per heavy atom. The average molecular weight is 427 g/mol. The number of hydrogen-bond donors (Lipinski definition) is 1. The van der Waals surface area contributed by atoms with Gasteiger partial charge in [-0.25, -0.2) is 9.67 Å². The Kier molecular flexibility index (Phi) is 6.03. The number of nitrogens with zero attached hydrogens (tertiary/aromatic N) is 3. The fourth-order valence-corrected chi connectivity index (χ4v) is 2.98. The number of halogens is 1. The molecule has 138 valence electrons. The van der Waals surface area contributed by atoms with Gasteiger partial charge in [-0.2, -0.15) is 5.10 Å². The fourth-order valence-electron chi connectivity index (χ4n) is 2.60. The van der Waals surface area contributed by atoms with E-state index in [4.69, 9.17) is 4.74 Å². The van der Waals surface area contributed by atoms with E-state index >= 15 is 0 Å². The number of nitrogens with one attached hydrogen (secondary N) is 1. The van der Waals surface area contributed by atoms with E-state index in [-0.39, 0.29) is 11.9 Å². The number of amides is 1. The molecular formula is C20H19BrN4O2. The molecule has 3 rings (SSSR count). The van der Waals surface area contributed by atoms with Gasteiger partial charge in [0, 0.05) is 16.1 Å². The number of carbonyl (C=O) groups is 1. The quantitative estimate of drug-likeness (QED) is 0.606. The second kappa shape index (κ2) is 8.64. The molecule has 0 saturated carbocycles. The van der Waals surface area contributed by atoms with Crippen molar-refractivity contribution >= 4 is 27.9 Å². The highest BCUT2D eigenvalue weighted by Gasteiger charge is 2.08. The molecule has 0 aliphatic rings. The summed E-state index contributed by atoms with van der Waals surface area (Å²) >= 11 is 3.42. The van der Waals surface area contributed by atoms with Gasteiger partial charge in [0.2, 0.25) is 5.91 Å². The summed E-state index contributed by atoms with van der Waals surface area (Å²) in [6.07, 6.45) is 6.37. The summed E-state index contributed by atoms with van der Waals surface area (Å²) in [5.74, 6) is 0.531. The average Bonchev–Trinajstić information content (AvgIpc) is 3.21. The molecule has 0 fully saturated rings. The Morgan fingerprint density at radius 1 is 1.26 bits per heavy atom. The van der Waals surface area contributed by atoms with Crippen molar-refractivity contribution in [3.8, 4) is 11.4 Å². The summed E-state index contributed by atoms with van der Waals surface area (Å²) < 4.78 is 7.91. The molecule has 7 heteroatoms. The van der Waals surface area contributed by atoms with Gasteiger partial charge in [0.05, 0.1) is 18.8 Å². The molecule has 1 N–H and O–H groups in total. The van der Waals surface area contributed by atoms with Crippen molar-refractivity contribution in [2.75, 3.05) is 7.11 Å². The topological polar surface area (TPSA) is 69.0 Å². The first-order chi connectivity index (χ1) is 13.1. The predicted octanol–water partition coefficient (Wildman–Crippen LogP) is 3.93. The van der Waals surface area contributed by atoms with E-state index in [1.807, 2.05) is 49.4 Å². The number of rotatable bonds is 6. The van der Waals surface area contributed by atoms with Crippen molar-refractivity contribution < 1.29 is 9.53 Å². The standard InChI is InChI=1S/C20H19BrN4O2/c1-14(15-3-7-18(8-4-15)25-13-22-12-23-25)24-20(26)10-5-16-11-17(21)6-9-19(16)27-2/h3-14H,1-2H3,(H,24,26)/b10-5+. The zero-order valence-corrected chi connectivity index (χ0v) is 16.6. The second-order valence-corrected chi connectivity index (χ2v) is 6.80. The highest BCUT2D eigenvalue weighted by molar-refractivity contribution is 9.10. The molecule has 1 heterocycles. The van der Waals surface area contributed by atoms with Crippen LogP contribution in [0.25, 0.3) is 11.8 Å². The summed E-state index contributed by atoms with van der Waals surface area (Å²) in [5.41, 5.74) is 2.74. The molecule has 1 unspecified atom stereocenters. The molecule has 27 heavy (non-hydrogen) atoms. The summed E-state index contributed by atoms with van der Waals surface area (Å²) in [4.78, 5) is 16.2. The van der Waals surface area contributed by atoms with Crippen LogP contribution in [-0.4, -0.2) is 27.8 Å². The van der Waals surface area contributed by atoms with Crippen LogP contribution < -0.4 is 10.1 Å². The van der Waals surface area contributed by atoms with E-state index in [2.05, 4.69) is 31.3 Å². The molecule has 0 radical (unpaired) electrons. The van der Waals surface area contributed by atoms with Crippen molar-refractivity contribution in [1.82, 2.24) is 20.1 Å². The molecule has 0 aliphatic heterocycles. The highest BCUT2D eigenvalue weighted by Crippen LogP contribution is 2.24. The van der Waals surface area contributed by atoms with Crippen molar-refractivity contribution in [3.05, 3.63) is 76.8 Å². The van der Waals surface area contributed by atoms with E-state index in [9.17, 15) is 4.79 Å². The summed E-state index contributed by atoms with van der Waals surface area (Å²) in [5, 5.41) is 7.06. The fraction of sp³-hybridized carbons (Fsp3) is 0.150. The maximum Gasteiger partial charge on any atom is 0.244 e. The molecule has 0 spiro atoms. The van der Waals surface area contributed by atoms with Crippen LogP contribution in [0.4, 0.5) is 0 Å². The Labute approximate surface area is 166 Å². The molecule has 3 aromatic rings. The first kappa shape index (κ1) is 18.8. The van der Waals surface area contributed by atoms with Crippen LogP contribution in [0.3, 0.4) is 0 Å². The van der Waals surface area contributed by atoms with Crippen molar-refractivity contribution in [2.45, 2.75) is 13.0 Å². The minimum absolute atomic E-state index is 0.128. The van der Waals surface area contributed by atoms with Gasteiger partial charge >= 0.3 is 0 Å². The van der Waals surface area contributed by atoms with Crippen molar-refractivity contribution in [1.29, 1.82) is 0 Å². The first-order valence-electron chi connectivity index (χ1n) is 8.34. The minimum atomic E-state index is -0.176. The Hall–Kier alpha value is -2.93. The van der Waals surface area contributed by atoms with Gasteiger partial charge in [0.15, 0.2) is 0 Å². The lowest BCUT2D eigenvalue weighted by molar-refractivity contribution is -0.117. The van der Waals surface area contributed by atoms with E-state index in [0.717, 1.165) is 21.3 Å². The monoisotopic (exact) mass is 426 g/mol. The maximum absolute atomic E-state index is 12.3. The molecule has 1 aromatic heterocycles. The summed E-state index contributed by atoms with van der Waals surface area (Å²) in [6, 6.07) is 13.3. The van der Waals surface area contributed by atoms with Crippen molar-refractivity contribution in [2.24, 2.45) is 0 Å². The predicted molar refractivity (Wildman–Crippen MR) is 108 cm³/mol. The van der Waals surface area contributed by atoms with Crippen LogP contribution in [0, 0.1) is 0 Å². The Bertz CT molecular complexity index is 937. The van der Waals surface area contributed by atoms with Gasteiger partial charge < -0.3 is 10.1 Å². The SMILES string of the molecule is COc1ccc(Br)cc1/C=C/C(=O)NC(C)c1ccc(-n2cncn2)cc1. The van der Waals surface area contributed by atoms with Gasteiger partial charge in [-0.05, 0) is 48.9 Å². The van der Waals surface area contributed by atoms with E-state index in [1.165, 1.54) is 12.4 Å². The van der Waals surface area contributed by atoms with Gasteiger partial charge in [-0.15, -0.1) is 0 Å². The second-order valence-electron chi connectivity index (χ2n) is 5.88. The number of benzene rings is 2. The molecule has 1 amide bonds. The number of methoxy groups -OCH3 is 1. The third kappa shape index (κ3) is 4.83. The van der Waals surface area contributed by atoms with Gasteiger partial charge in [-0.1, -0.05) is 28.1 Å². The maximum atomic E-state index is 12.3. The van der Waals surface area contributed by atoms with Crippen LogP contribution in [0.1, 0.15) is 24.1 Å². The molecule has 2 aromatic carbocycles. The van der Waals surface area contributed by atoms with Crippen LogP contribution in [0.5, 0.6) is 5.75 Å². The summed E-state index contributed by atoms with van der Waals surface area (Å²) in [6.45, 7) is 1.94. The smallest absolute Gasteiger partial charge is 0.244 e. The van der Waals surface area contributed by atoms with Crippen LogP contribution in [0.2, 0.25) is 0 Å². The number of ether oxygens (including phenoxy) is 1. The zero-order valence-electron chi connectivity index (χ0n) is 15.0. The zero-order chi connectivity index (χ0) is 19.2. The normalized spacial score (nSPS) is 12.1. The Balaban J connectivity index is 1.64. The molecule has 0 saturated heterocycles. The van der Waals surface area contributed by atoms with Crippen LogP contribution in [0.15, 0.2) is 65.7 Å². The van der Waals surface area contributed by atoms with Crippen LogP contribution in [-0.2, 0) is 4.79 Å². The number of aromatic nitrogens is 3. The third-order valence-corrected chi connectivity index (χ3v) is 4.53. The third-order valence-electron chi connectivity index (χ3n) is 4.04. The number of hydrogen-bond acceptors (Lipinski definition) is 4. The van der Waals surface area contributed by atoms with Crippen molar-refractivity contribution in [3.63, 3.8) is 0 Å². The molecule has 0 bridgehead atoms. The van der Waals surface area contributed by atoms with E-state index in [0.29, 0.717) is 5.75 Å². The van der Waals surface area contributed by atoms with E-state index < -0.39 is 0 Å². The largest absolute Gasteiger partial charge is 0.496 e. The molecule has 6 nitrogen and oxygen atoms in total. The Morgan fingerprint density at radius 2 is 2.04 bits per heavy atom. The van der Waals surface area contributed by atoms with Crippen LogP contribution >= 0.6 is 15.9 Å². The molecular weight excluding hydrogens is 408 g/mol. The van der Waals surface area contributed by atoms with E-state index in [1.54, 1.807) is 24.2 Å².